The number of nitrogens with zero attached hydrogens (tertiary/aromatic N) is 2. The summed E-state index contributed by atoms with van der Waals surface area (Å²) in [6.07, 6.45) is 9.09. The number of para-hydroxylation sites is 1. The number of benzene rings is 1. The van der Waals surface area contributed by atoms with Gasteiger partial charge in [-0.2, -0.15) is 0 Å². The molecule has 1 aromatic heterocycles. The average Bonchev–Trinajstić information content (AvgIpc) is 2.60. The number of hydrogen-bond donors (Lipinski definition) is 0. The smallest absolute Gasteiger partial charge is 0.411 e. The number of ether oxygens (including phenoxy) is 1. The predicted octanol–water partition coefficient (Wildman–Crippen LogP) is 5.27. The second kappa shape index (κ2) is 6.99. The number of hydrogen-bond acceptors (Lipinski definition) is 3. The average molecular weight is 364 g/mol. The van der Waals surface area contributed by atoms with Gasteiger partial charge in [-0.25, -0.2) is 4.79 Å². The quantitative estimate of drug-likeness (QED) is 0.682. The van der Waals surface area contributed by atoms with Crippen molar-refractivity contribution < 1.29 is 9.53 Å². The van der Waals surface area contributed by atoms with E-state index in [-0.39, 0.29) is 18.2 Å². The van der Waals surface area contributed by atoms with Crippen LogP contribution in [0, 0.1) is 0 Å². The SMILES string of the molecule is CC(C)(C)OC(=O)N1C2C=C(Cc3cccc4cccnc34)CC1CCC2. The van der Waals surface area contributed by atoms with Gasteiger partial charge in [0.1, 0.15) is 5.60 Å². The Labute approximate surface area is 161 Å². The molecule has 27 heavy (non-hydrogen) atoms. The normalized spacial score (nSPS) is 22.5. The largest absolute Gasteiger partial charge is 0.444 e. The van der Waals surface area contributed by atoms with Gasteiger partial charge in [0.15, 0.2) is 0 Å². The summed E-state index contributed by atoms with van der Waals surface area (Å²) in [6.45, 7) is 5.79. The summed E-state index contributed by atoms with van der Waals surface area (Å²) in [6, 6.07) is 10.9. The molecule has 4 nitrogen and oxygen atoms in total. The molecule has 3 heterocycles. The second-order valence-electron chi connectivity index (χ2n) is 8.74. The maximum Gasteiger partial charge on any atom is 0.411 e. The zero-order valence-corrected chi connectivity index (χ0v) is 16.4. The first-order valence-electron chi connectivity index (χ1n) is 9.94. The van der Waals surface area contributed by atoms with E-state index >= 15 is 0 Å². The first-order valence-corrected chi connectivity index (χ1v) is 9.94. The summed E-state index contributed by atoms with van der Waals surface area (Å²) < 4.78 is 5.67. The standard InChI is InChI=1S/C23H28N2O2/c1-23(2,3)27-22(26)25-19-10-5-11-20(25)15-16(14-19)13-18-8-4-7-17-9-6-12-24-21(17)18/h4,6-9,12,14,19-20H,5,10-11,13,15H2,1-3H3. The number of rotatable bonds is 2. The van der Waals surface area contributed by atoms with Crippen LogP contribution in [0.3, 0.4) is 0 Å². The number of amides is 1. The van der Waals surface area contributed by atoms with E-state index in [1.165, 1.54) is 22.9 Å². The monoisotopic (exact) mass is 364 g/mol. The van der Waals surface area contributed by atoms with E-state index in [4.69, 9.17) is 4.74 Å². The Balaban J connectivity index is 1.58. The maximum atomic E-state index is 12.7. The molecule has 1 fully saturated rings. The highest BCUT2D eigenvalue weighted by molar-refractivity contribution is 5.81. The van der Waals surface area contributed by atoms with Crippen molar-refractivity contribution in [3.63, 3.8) is 0 Å². The second-order valence-corrected chi connectivity index (χ2v) is 8.74. The van der Waals surface area contributed by atoms with Crippen molar-refractivity contribution in [3.05, 3.63) is 53.7 Å². The van der Waals surface area contributed by atoms with Gasteiger partial charge in [-0.15, -0.1) is 0 Å². The summed E-state index contributed by atoms with van der Waals surface area (Å²) in [5.41, 5.74) is 3.32. The molecule has 2 aromatic rings. The minimum Gasteiger partial charge on any atom is -0.444 e. The Morgan fingerprint density at radius 2 is 2.04 bits per heavy atom. The van der Waals surface area contributed by atoms with Crippen LogP contribution in [0.15, 0.2) is 48.2 Å². The number of pyridine rings is 1. The molecule has 2 unspecified atom stereocenters. The fourth-order valence-electron chi connectivity index (χ4n) is 4.40. The first-order chi connectivity index (χ1) is 12.9. The topological polar surface area (TPSA) is 42.4 Å². The van der Waals surface area contributed by atoms with Crippen LogP contribution < -0.4 is 0 Å². The van der Waals surface area contributed by atoms with E-state index in [1.807, 2.05) is 37.9 Å². The molecule has 1 amide bonds. The van der Waals surface area contributed by atoms with Gasteiger partial charge in [0.25, 0.3) is 0 Å². The van der Waals surface area contributed by atoms with Gasteiger partial charge in [-0.05, 0) is 64.5 Å². The third-order valence-corrected chi connectivity index (χ3v) is 5.45. The molecular formula is C23H28N2O2. The predicted molar refractivity (Wildman–Crippen MR) is 108 cm³/mol. The molecular weight excluding hydrogens is 336 g/mol. The van der Waals surface area contributed by atoms with Crippen LogP contribution in [-0.4, -0.2) is 33.7 Å². The summed E-state index contributed by atoms with van der Waals surface area (Å²) in [5, 5.41) is 1.18. The van der Waals surface area contributed by atoms with Gasteiger partial charge >= 0.3 is 6.09 Å². The molecule has 0 radical (unpaired) electrons. The van der Waals surface area contributed by atoms with Crippen molar-refractivity contribution in [1.29, 1.82) is 0 Å². The molecule has 2 aliphatic heterocycles. The van der Waals surface area contributed by atoms with Gasteiger partial charge in [-0.1, -0.05) is 35.9 Å². The number of carbonyl (C=O) groups is 1. The summed E-state index contributed by atoms with van der Waals surface area (Å²) >= 11 is 0. The van der Waals surface area contributed by atoms with E-state index in [0.29, 0.717) is 0 Å². The van der Waals surface area contributed by atoms with Crippen LogP contribution in [0.2, 0.25) is 0 Å². The molecule has 2 bridgehead atoms. The lowest BCUT2D eigenvalue weighted by Gasteiger charge is -2.45. The molecule has 2 aliphatic rings. The summed E-state index contributed by atoms with van der Waals surface area (Å²) in [7, 11) is 0. The van der Waals surface area contributed by atoms with E-state index < -0.39 is 5.60 Å². The van der Waals surface area contributed by atoms with Crippen molar-refractivity contribution in [2.45, 2.75) is 70.6 Å². The summed E-state index contributed by atoms with van der Waals surface area (Å²) in [5.74, 6) is 0. The first kappa shape index (κ1) is 18.0. The van der Waals surface area contributed by atoms with Crippen LogP contribution in [0.25, 0.3) is 10.9 Å². The lowest BCUT2D eigenvalue weighted by atomic mass is 9.83. The third-order valence-electron chi connectivity index (χ3n) is 5.45. The maximum absolute atomic E-state index is 12.7. The van der Waals surface area contributed by atoms with E-state index in [0.717, 1.165) is 31.2 Å². The Morgan fingerprint density at radius 3 is 2.81 bits per heavy atom. The van der Waals surface area contributed by atoms with Gasteiger partial charge < -0.3 is 4.74 Å². The van der Waals surface area contributed by atoms with Crippen LogP contribution in [0.4, 0.5) is 4.79 Å². The molecule has 0 aliphatic carbocycles. The number of aromatic nitrogens is 1. The molecule has 0 spiro atoms. The van der Waals surface area contributed by atoms with E-state index in [1.54, 1.807) is 0 Å². The van der Waals surface area contributed by atoms with Crippen molar-refractivity contribution in [2.24, 2.45) is 0 Å². The lowest BCUT2D eigenvalue weighted by Crippen LogP contribution is -2.53. The van der Waals surface area contributed by atoms with Gasteiger partial charge in [0.05, 0.1) is 11.6 Å². The molecule has 2 atom stereocenters. The number of piperidine rings is 1. The number of carbonyl (C=O) groups excluding carboxylic acids is 1. The highest BCUT2D eigenvalue weighted by atomic mass is 16.6. The fraction of sp³-hybridized carbons (Fsp3) is 0.478. The Morgan fingerprint density at radius 1 is 1.22 bits per heavy atom. The Hall–Kier alpha value is -2.36. The van der Waals surface area contributed by atoms with Gasteiger partial charge in [0.2, 0.25) is 0 Å². The van der Waals surface area contributed by atoms with Crippen LogP contribution in [0.5, 0.6) is 0 Å². The van der Waals surface area contributed by atoms with Crippen molar-refractivity contribution >= 4 is 17.0 Å². The minimum atomic E-state index is -0.454. The molecule has 1 saturated heterocycles. The zero-order chi connectivity index (χ0) is 19.0. The Bertz CT molecular complexity index is 876. The number of fused-ring (bicyclic) bond motifs is 3. The Kier molecular flexibility index (Phi) is 4.67. The minimum absolute atomic E-state index is 0.158. The molecule has 0 N–H and O–H groups in total. The van der Waals surface area contributed by atoms with E-state index in [9.17, 15) is 4.79 Å². The van der Waals surface area contributed by atoms with Gasteiger partial charge in [0, 0.05) is 17.6 Å². The lowest BCUT2D eigenvalue weighted by molar-refractivity contribution is -0.00149. The highest BCUT2D eigenvalue weighted by Gasteiger charge is 2.39. The zero-order valence-electron chi connectivity index (χ0n) is 16.4. The van der Waals surface area contributed by atoms with Crippen LogP contribution in [-0.2, 0) is 11.2 Å². The van der Waals surface area contributed by atoms with Crippen LogP contribution in [0.1, 0.15) is 52.0 Å². The molecule has 4 rings (SSSR count). The van der Waals surface area contributed by atoms with Crippen LogP contribution >= 0.6 is 0 Å². The summed E-state index contributed by atoms with van der Waals surface area (Å²) in [4.78, 5) is 19.3. The fourth-order valence-corrected chi connectivity index (χ4v) is 4.40. The van der Waals surface area contributed by atoms with Crippen molar-refractivity contribution in [3.8, 4) is 0 Å². The molecule has 4 heteroatoms. The molecule has 1 aromatic carbocycles. The molecule has 0 saturated carbocycles. The highest BCUT2D eigenvalue weighted by Crippen LogP contribution is 2.36. The third kappa shape index (κ3) is 3.85. The van der Waals surface area contributed by atoms with Crippen molar-refractivity contribution in [2.75, 3.05) is 0 Å². The van der Waals surface area contributed by atoms with E-state index in [2.05, 4.69) is 35.3 Å². The van der Waals surface area contributed by atoms with Crippen molar-refractivity contribution in [1.82, 2.24) is 9.88 Å². The molecule has 142 valence electrons. The van der Waals surface area contributed by atoms with Gasteiger partial charge in [-0.3, -0.25) is 9.88 Å².